The molecule has 3 rings (SSSR count). The van der Waals surface area contributed by atoms with Crippen molar-refractivity contribution in [2.24, 2.45) is 0 Å². The molecule has 0 aliphatic carbocycles. The number of anilines is 2. The Balaban J connectivity index is 1.88. The van der Waals surface area contributed by atoms with Crippen LogP contribution in [0.1, 0.15) is 5.56 Å². The van der Waals surface area contributed by atoms with Gasteiger partial charge >= 0.3 is 0 Å². The van der Waals surface area contributed by atoms with Gasteiger partial charge in [-0.15, -0.1) is 0 Å². The first kappa shape index (κ1) is 19.3. The van der Waals surface area contributed by atoms with Crippen molar-refractivity contribution in [1.82, 2.24) is 0 Å². The summed E-state index contributed by atoms with van der Waals surface area (Å²) in [4.78, 5) is 12.5. The third-order valence-electron chi connectivity index (χ3n) is 4.13. The van der Waals surface area contributed by atoms with Crippen LogP contribution in [0, 0.1) is 10.1 Å². The standard InChI is InChI=1S/C21H19N3O3S/c1-27-20-14-18(24(25)26)12-13-19(20)22-21(28)23(17-10-6-3-7-11-17)15-16-8-4-2-5-9-16/h2-14H,15H2,1H3,(H,22,28). The van der Waals surface area contributed by atoms with Crippen LogP contribution in [0.3, 0.4) is 0 Å². The van der Waals surface area contributed by atoms with Gasteiger partial charge in [0.25, 0.3) is 5.69 Å². The molecule has 0 fully saturated rings. The molecule has 7 heteroatoms. The van der Waals surface area contributed by atoms with Crippen LogP contribution in [0.5, 0.6) is 5.75 Å². The molecule has 28 heavy (non-hydrogen) atoms. The van der Waals surface area contributed by atoms with Crippen LogP contribution >= 0.6 is 12.2 Å². The predicted octanol–water partition coefficient (Wildman–Crippen LogP) is 5.01. The molecule has 0 amide bonds. The Labute approximate surface area is 168 Å². The van der Waals surface area contributed by atoms with Gasteiger partial charge in [0.15, 0.2) is 5.11 Å². The van der Waals surface area contributed by atoms with Crippen LogP contribution in [0.4, 0.5) is 17.1 Å². The van der Waals surface area contributed by atoms with E-state index in [4.69, 9.17) is 17.0 Å². The molecule has 0 bridgehead atoms. The van der Waals surface area contributed by atoms with Gasteiger partial charge in [-0.3, -0.25) is 10.1 Å². The summed E-state index contributed by atoms with van der Waals surface area (Å²) in [5.74, 6) is 0.351. The van der Waals surface area contributed by atoms with E-state index in [0.717, 1.165) is 11.3 Å². The highest BCUT2D eigenvalue weighted by Crippen LogP contribution is 2.30. The molecule has 0 aromatic heterocycles. The van der Waals surface area contributed by atoms with Gasteiger partial charge in [0, 0.05) is 11.8 Å². The van der Waals surface area contributed by atoms with E-state index < -0.39 is 4.92 Å². The normalized spacial score (nSPS) is 10.2. The summed E-state index contributed by atoms with van der Waals surface area (Å²) in [7, 11) is 1.46. The van der Waals surface area contributed by atoms with E-state index in [1.54, 1.807) is 6.07 Å². The number of rotatable bonds is 6. The Bertz CT molecular complexity index is 965. The lowest BCUT2D eigenvalue weighted by Gasteiger charge is -2.26. The van der Waals surface area contributed by atoms with Crippen molar-refractivity contribution in [2.75, 3.05) is 17.3 Å². The quantitative estimate of drug-likeness (QED) is 0.361. The monoisotopic (exact) mass is 393 g/mol. The molecule has 0 heterocycles. The van der Waals surface area contributed by atoms with Crippen LogP contribution in [-0.4, -0.2) is 17.1 Å². The van der Waals surface area contributed by atoms with E-state index in [1.807, 2.05) is 65.6 Å². The lowest BCUT2D eigenvalue weighted by Crippen LogP contribution is -2.34. The molecule has 0 aliphatic heterocycles. The number of benzene rings is 3. The van der Waals surface area contributed by atoms with Crippen LogP contribution in [0.15, 0.2) is 78.9 Å². The summed E-state index contributed by atoms with van der Waals surface area (Å²) in [5.41, 5.74) is 2.56. The van der Waals surface area contributed by atoms with Gasteiger partial charge in [0.1, 0.15) is 5.75 Å². The van der Waals surface area contributed by atoms with Crippen molar-refractivity contribution in [3.05, 3.63) is 94.5 Å². The Hall–Kier alpha value is -3.45. The minimum atomic E-state index is -0.462. The van der Waals surface area contributed by atoms with Crippen molar-refractivity contribution >= 4 is 34.4 Å². The lowest BCUT2D eigenvalue weighted by molar-refractivity contribution is -0.384. The molecule has 0 spiro atoms. The first-order chi connectivity index (χ1) is 13.6. The topological polar surface area (TPSA) is 67.6 Å². The molecule has 3 aromatic rings. The summed E-state index contributed by atoms with van der Waals surface area (Å²) in [6.07, 6.45) is 0. The van der Waals surface area contributed by atoms with Crippen molar-refractivity contribution in [3.8, 4) is 5.75 Å². The molecule has 6 nitrogen and oxygen atoms in total. The minimum Gasteiger partial charge on any atom is -0.494 e. The predicted molar refractivity (Wildman–Crippen MR) is 115 cm³/mol. The fourth-order valence-electron chi connectivity index (χ4n) is 2.73. The molecule has 0 unspecified atom stereocenters. The molecule has 0 atom stereocenters. The summed E-state index contributed by atoms with van der Waals surface area (Å²) < 4.78 is 5.30. The van der Waals surface area contributed by atoms with Crippen LogP contribution < -0.4 is 15.0 Å². The average Bonchev–Trinajstić information content (AvgIpc) is 2.73. The van der Waals surface area contributed by atoms with E-state index in [-0.39, 0.29) is 5.69 Å². The third kappa shape index (κ3) is 4.63. The van der Waals surface area contributed by atoms with Crippen molar-refractivity contribution < 1.29 is 9.66 Å². The molecule has 0 aliphatic rings. The second-order valence-electron chi connectivity index (χ2n) is 5.98. The highest BCUT2D eigenvalue weighted by Gasteiger charge is 2.17. The van der Waals surface area contributed by atoms with Crippen LogP contribution in [-0.2, 0) is 6.54 Å². The second kappa shape index (κ2) is 8.96. The minimum absolute atomic E-state index is 0.0440. The Morgan fingerprint density at radius 2 is 1.71 bits per heavy atom. The number of nitrogens with one attached hydrogen (secondary N) is 1. The molecular formula is C21H19N3O3S. The zero-order chi connectivity index (χ0) is 19.9. The Kier molecular flexibility index (Phi) is 6.18. The number of methoxy groups -OCH3 is 1. The summed E-state index contributed by atoms with van der Waals surface area (Å²) in [5, 5.41) is 14.6. The van der Waals surface area contributed by atoms with Gasteiger partial charge in [0.2, 0.25) is 0 Å². The number of hydrogen-bond donors (Lipinski definition) is 1. The van der Waals surface area contributed by atoms with Gasteiger partial charge in [-0.1, -0.05) is 48.5 Å². The number of thiocarbonyl (C=S) groups is 1. The van der Waals surface area contributed by atoms with E-state index in [9.17, 15) is 10.1 Å². The zero-order valence-corrected chi connectivity index (χ0v) is 16.1. The molecule has 3 aromatic carbocycles. The smallest absolute Gasteiger partial charge is 0.273 e. The molecular weight excluding hydrogens is 374 g/mol. The lowest BCUT2D eigenvalue weighted by atomic mass is 10.2. The maximum Gasteiger partial charge on any atom is 0.273 e. The van der Waals surface area contributed by atoms with Crippen LogP contribution in [0.2, 0.25) is 0 Å². The maximum atomic E-state index is 11.0. The average molecular weight is 393 g/mol. The number of ether oxygens (including phenoxy) is 1. The number of para-hydroxylation sites is 1. The molecule has 1 N–H and O–H groups in total. The summed E-state index contributed by atoms with van der Waals surface area (Å²) in [6, 6.07) is 24.2. The van der Waals surface area contributed by atoms with Gasteiger partial charge in [0.05, 0.1) is 30.3 Å². The third-order valence-corrected chi connectivity index (χ3v) is 4.46. The second-order valence-corrected chi connectivity index (χ2v) is 6.37. The van der Waals surface area contributed by atoms with E-state index in [0.29, 0.717) is 23.1 Å². The SMILES string of the molecule is COc1cc([N+](=O)[O-])ccc1NC(=S)N(Cc1ccccc1)c1ccccc1. The van der Waals surface area contributed by atoms with E-state index in [1.165, 1.54) is 19.2 Å². The summed E-state index contributed by atoms with van der Waals surface area (Å²) >= 11 is 5.66. The van der Waals surface area contributed by atoms with Gasteiger partial charge in [-0.25, -0.2) is 0 Å². The number of nitro benzene ring substituents is 1. The van der Waals surface area contributed by atoms with Crippen molar-refractivity contribution in [3.63, 3.8) is 0 Å². The summed E-state index contributed by atoms with van der Waals surface area (Å²) in [6.45, 7) is 0.575. The molecule has 0 saturated heterocycles. The molecule has 0 radical (unpaired) electrons. The first-order valence-corrected chi connectivity index (χ1v) is 8.99. The molecule has 0 saturated carbocycles. The molecule has 142 valence electrons. The number of nitrogens with zero attached hydrogens (tertiary/aromatic N) is 2. The Morgan fingerprint density at radius 1 is 1.07 bits per heavy atom. The highest BCUT2D eigenvalue weighted by atomic mass is 32.1. The highest BCUT2D eigenvalue weighted by molar-refractivity contribution is 7.80. The number of nitro groups is 1. The number of non-ortho nitro benzene ring substituents is 1. The maximum absolute atomic E-state index is 11.0. The van der Waals surface area contributed by atoms with Gasteiger partial charge in [-0.2, -0.15) is 0 Å². The number of hydrogen-bond acceptors (Lipinski definition) is 4. The largest absolute Gasteiger partial charge is 0.494 e. The van der Waals surface area contributed by atoms with E-state index >= 15 is 0 Å². The first-order valence-electron chi connectivity index (χ1n) is 8.58. The zero-order valence-electron chi connectivity index (χ0n) is 15.2. The van der Waals surface area contributed by atoms with Crippen LogP contribution in [0.25, 0.3) is 0 Å². The van der Waals surface area contributed by atoms with E-state index in [2.05, 4.69) is 5.32 Å². The van der Waals surface area contributed by atoms with Gasteiger partial charge in [-0.05, 0) is 36.0 Å². The Morgan fingerprint density at radius 3 is 2.32 bits per heavy atom. The van der Waals surface area contributed by atoms with Crippen molar-refractivity contribution in [2.45, 2.75) is 6.54 Å². The van der Waals surface area contributed by atoms with Crippen molar-refractivity contribution in [1.29, 1.82) is 0 Å². The fourth-order valence-corrected chi connectivity index (χ4v) is 3.01. The fraction of sp³-hybridized carbons (Fsp3) is 0.0952. The van der Waals surface area contributed by atoms with Gasteiger partial charge < -0.3 is 15.0 Å².